The smallest absolute Gasteiger partial charge is 0.188 e. The Labute approximate surface area is 112 Å². The number of aryl methyl sites for hydroxylation is 1. The number of hydrogen-bond acceptors (Lipinski definition) is 3. The molecule has 0 amide bonds. The number of nitrogens with zero attached hydrogens (tertiary/aromatic N) is 4. The van der Waals surface area contributed by atoms with E-state index in [-0.39, 0.29) is 0 Å². The summed E-state index contributed by atoms with van der Waals surface area (Å²) in [5, 5.41) is 11.2. The summed E-state index contributed by atoms with van der Waals surface area (Å²) >= 11 is 0. The van der Waals surface area contributed by atoms with Crippen LogP contribution in [0.25, 0.3) is 5.65 Å². The van der Waals surface area contributed by atoms with Crippen molar-refractivity contribution in [3.05, 3.63) is 42.9 Å². The summed E-state index contributed by atoms with van der Waals surface area (Å²) in [6.07, 6.45) is 5.41. The van der Waals surface area contributed by atoms with E-state index < -0.39 is 0 Å². The maximum atomic E-state index is 5.67. The molecule has 19 heavy (non-hydrogen) atoms. The van der Waals surface area contributed by atoms with Crippen molar-refractivity contribution in [1.82, 2.24) is 19.9 Å². The van der Waals surface area contributed by atoms with Crippen LogP contribution in [0.1, 0.15) is 12.2 Å². The van der Waals surface area contributed by atoms with E-state index in [4.69, 9.17) is 5.73 Å². The first-order valence-corrected chi connectivity index (χ1v) is 6.24. The van der Waals surface area contributed by atoms with Crippen LogP contribution in [0.3, 0.4) is 0 Å². The number of fused-ring (bicyclic) bond motifs is 1. The molecule has 2 aromatic heterocycles. The van der Waals surface area contributed by atoms with Crippen molar-refractivity contribution in [3.63, 3.8) is 0 Å². The van der Waals surface area contributed by atoms with Gasteiger partial charge < -0.3 is 11.1 Å². The fraction of sp³-hybridized carbons (Fsp3) is 0.308. The van der Waals surface area contributed by atoms with E-state index in [1.165, 1.54) is 0 Å². The summed E-state index contributed by atoms with van der Waals surface area (Å²) in [6.45, 7) is 4.89. The Morgan fingerprint density at radius 1 is 1.47 bits per heavy atom. The van der Waals surface area contributed by atoms with Gasteiger partial charge in [0.25, 0.3) is 0 Å². The molecule has 0 aromatic carbocycles. The highest BCUT2D eigenvalue weighted by molar-refractivity contribution is 5.77. The van der Waals surface area contributed by atoms with E-state index in [1.807, 2.05) is 28.8 Å². The Morgan fingerprint density at radius 2 is 2.37 bits per heavy atom. The van der Waals surface area contributed by atoms with Crippen molar-refractivity contribution in [1.29, 1.82) is 0 Å². The van der Waals surface area contributed by atoms with Gasteiger partial charge in [0.2, 0.25) is 0 Å². The zero-order valence-electron chi connectivity index (χ0n) is 10.8. The van der Waals surface area contributed by atoms with Crippen LogP contribution in [0.2, 0.25) is 0 Å². The van der Waals surface area contributed by atoms with E-state index in [0.29, 0.717) is 19.0 Å². The minimum atomic E-state index is 0.450. The Balaban J connectivity index is 1.84. The predicted octanol–water partition coefficient (Wildman–Crippen LogP) is 0.752. The Bertz CT molecular complexity index is 571. The lowest BCUT2D eigenvalue weighted by Gasteiger charge is -2.02. The minimum Gasteiger partial charge on any atom is -0.370 e. The average molecular weight is 258 g/mol. The van der Waals surface area contributed by atoms with Gasteiger partial charge in [0.15, 0.2) is 11.6 Å². The summed E-state index contributed by atoms with van der Waals surface area (Å²) in [5.74, 6) is 1.40. The van der Waals surface area contributed by atoms with Gasteiger partial charge in [-0.3, -0.25) is 9.39 Å². The van der Waals surface area contributed by atoms with E-state index in [2.05, 4.69) is 27.1 Å². The summed E-state index contributed by atoms with van der Waals surface area (Å²) in [6, 6.07) is 5.85. The lowest BCUT2D eigenvalue weighted by Crippen LogP contribution is -2.31. The average Bonchev–Trinajstić information content (AvgIpc) is 2.85. The summed E-state index contributed by atoms with van der Waals surface area (Å²) in [4.78, 5) is 4.22. The molecule has 0 saturated heterocycles. The molecule has 0 bridgehead atoms. The number of hydrogen-bond donors (Lipinski definition) is 2. The lowest BCUT2D eigenvalue weighted by atomic mass is 10.3. The molecule has 0 spiro atoms. The highest BCUT2D eigenvalue weighted by Gasteiger charge is 2.03. The molecule has 0 fully saturated rings. The molecule has 2 rings (SSSR count). The standard InChI is InChI=1S/C13H18N6/c1-2-8-15-13(14)16-9-5-7-12-18-17-11-6-3-4-10-19(11)12/h2-4,6,10H,1,5,7-9H2,(H3,14,15,16). The molecule has 2 aromatic rings. The van der Waals surface area contributed by atoms with Gasteiger partial charge in [0.1, 0.15) is 5.82 Å². The van der Waals surface area contributed by atoms with Crippen molar-refractivity contribution >= 4 is 11.6 Å². The molecule has 100 valence electrons. The van der Waals surface area contributed by atoms with Crippen LogP contribution in [0.4, 0.5) is 0 Å². The van der Waals surface area contributed by atoms with Gasteiger partial charge in [0, 0.05) is 25.7 Å². The van der Waals surface area contributed by atoms with Crippen LogP contribution in [0.15, 0.2) is 42.0 Å². The number of nitrogens with two attached hydrogens (primary N) is 1. The minimum absolute atomic E-state index is 0.450. The third-order valence-corrected chi connectivity index (χ3v) is 2.65. The van der Waals surface area contributed by atoms with Crippen LogP contribution in [-0.2, 0) is 6.42 Å². The van der Waals surface area contributed by atoms with Crippen molar-refractivity contribution in [2.24, 2.45) is 10.7 Å². The Morgan fingerprint density at radius 3 is 3.21 bits per heavy atom. The molecular weight excluding hydrogens is 240 g/mol. The molecule has 0 radical (unpaired) electrons. The molecule has 0 unspecified atom stereocenters. The highest BCUT2D eigenvalue weighted by atomic mass is 15.2. The molecule has 3 N–H and O–H groups in total. The third-order valence-electron chi connectivity index (χ3n) is 2.65. The first-order valence-electron chi connectivity index (χ1n) is 6.24. The molecule has 2 heterocycles. The molecule has 0 atom stereocenters. The Kier molecular flexibility index (Phi) is 4.49. The van der Waals surface area contributed by atoms with Crippen LogP contribution >= 0.6 is 0 Å². The van der Waals surface area contributed by atoms with Gasteiger partial charge in [-0.25, -0.2) is 0 Å². The number of rotatable bonds is 6. The molecule has 6 heteroatoms. The van der Waals surface area contributed by atoms with Crippen molar-refractivity contribution < 1.29 is 0 Å². The largest absolute Gasteiger partial charge is 0.370 e. The second-order valence-corrected chi connectivity index (χ2v) is 4.09. The molecule has 0 aliphatic carbocycles. The summed E-state index contributed by atoms with van der Waals surface area (Å²) in [5.41, 5.74) is 6.54. The van der Waals surface area contributed by atoms with E-state index in [0.717, 1.165) is 24.3 Å². The molecule has 0 saturated carbocycles. The number of guanidine groups is 1. The summed E-state index contributed by atoms with van der Waals surface area (Å²) < 4.78 is 1.99. The molecule has 0 aliphatic heterocycles. The second-order valence-electron chi connectivity index (χ2n) is 4.09. The maximum absolute atomic E-state index is 5.67. The van der Waals surface area contributed by atoms with Crippen molar-refractivity contribution in [3.8, 4) is 0 Å². The lowest BCUT2D eigenvalue weighted by molar-refractivity contribution is 0.766. The van der Waals surface area contributed by atoms with Crippen molar-refractivity contribution in [2.75, 3.05) is 13.1 Å². The SMILES string of the molecule is C=CCNC(N)=NCCCc1nnc2ccccn12. The fourth-order valence-electron chi connectivity index (χ4n) is 1.73. The van der Waals surface area contributed by atoms with Gasteiger partial charge in [-0.2, -0.15) is 0 Å². The Hall–Kier alpha value is -2.37. The topological polar surface area (TPSA) is 80.6 Å². The van der Waals surface area contributed by atoms with Crippen LogP contribution in [0, 0.1) is 0 Å². The van der Waals surface area contributed by atoms with Gasteiger partial charge in [-0.05, 0) is 18.6 Å². The van der Waals surface area contributed by atoms with Gasteiger partial charge >= 0.3 is 0 Å². The first-order chi connectivity index (χ1) is 9.31. The number of aliphatic imine (C=N–C) groups is 1. The monoisotopic (exact) mass is 258 g/mol. The van der Waals surface area contributed by atoms with Crippen LogP contribution in [0.5, 0.6) is 0 Å². The van der Waals surface area contributed by atoms with Gasteiger partial charge in [0.05, 0.1) is 0 Å². The highest BCUT2D eigenvalue weighted by Crippen LogP contribution is 2.04. The number of aromatic nitrogens is 3. The van der Waals surface area contributed by atoms with Gasteiger partial charge in [-0.1, -0.05) is 12.1 Å². The van der Waals surface area contributed by atoms with Gasteiger partial charge in [-0.15, -0.1) is 16.8 Å². The third kappa shape index (κ3) is 3.54. The number of nitrogens with one attached hydrogen (secondary N) is 1. The van der Waals surface area contributed by atoms with E-state index in [9.17, 15) is 0 Å². The first kappa shape index (κ1) is 13.1. The predicted molar refractivity (Wildman–Crippen MR) is 76.0 cm³/mol. The van der Waals surface area contributed by atoms with Crippen molar-refractivity contribution in [2.45, 2.75) is 12.8 Å². The zero-order valence-corrected chi connectivity index (χ0v) is 10.8. The molecular formula is C13H18N6. The summed E-state index contributed by atoms with van der Waals surface area (Å²) in [7, 11) is 0. The van der Waals surface area contributed by atoms with Crippen LogP contribution < -0.4 is 11.1 Å². The molecule has 6 nitrogen and oxygen atoms in total. The zero-order chi connectivity index (χ0) is 13.5. The number of pyridine rings is 1. The maximum Gasteiger partial charge on any atom is 0.188 e. The second kappa shape index (κ2) is 6.53. The molecule has 0 aliphatic rings. The van der Waals surface area contributed by atoms with Crippen LogP contribution in [-0.4, -0.2) is 33.6 Å². The van der Waals surface area contributed by atoms with E-state index >= 15 is 0 Å². The van der Waals surface area contributed by atoms with E-state index in [1.54, 1.807) is 6.08 Å². The normalized spacial score (nSPS) is 11.7. The quantitative estimate of drug-likeness (QED) is 0.347. The fourth-order valence-corrected chi connectivity index (χ4v) is 1.73.